The van der Waals surface area contributed by atoms with Crippen molar-refractivity contribution in [2.24, 2.45) is 0 Å². The van der Waals surface area contributed by atoms with Crippen LogP contribution in [0.4, 0.5) is 0 Å². The van der Waals surface area contributed by atoms with Gasteiger partial charge in [0.15, 0.2) is 0 Å². The van der Waals surface area contributed by atoms with Gasteiger partial charge in [-0.25, -0.2) is 0 Å². The van der Waals surface area contributed by atoms with Crippen molar-refractivity contribution in [3.05, 3.63) is 23.2 Å². The van der Waals surface area contributed by atoms with Crippen LogP contribution in [0.1, 0.15) is 64.3 Å². The molecule has 0 aliphatic heterocycles. The second-order valence-corrected chi connectivity index (χ2v) is 5.80. The number of rotatable bonds is 1. The average molecular weight is 192 g/mol. The van der Waals surface area contributed by atoms with Crippen LogP contribution in [0.15, 0.2) is 10.7 Å². The summed E-state index contributed by atoms with van der Waals surface area (Å²) in [5.74, 6) is 1.77. The molecule has 1 aliphatic carbocycles. The van der Waals surface area contributed by atoms with Gasteiger partial charge in [0.2, 0.25) is 0 Å². The van der Waals surface area contributed by atoms with E-state index in [1.807, 2.05) is 6.26 Å². The zero-order valence-corrected chi connectivity index (χ0v) is 10.1. The maximum atomic E-state index is 5.69. The Labute approximate surface area is 86.5 Å². The van der Waals surface area contributed by atoms with Crippen LogP contribution in [0.3, 0.4) is 0 Å². The van der Waals surface area contributed by atoms with E-state index in [1.54, 1.807) is 0 Å². The Morgan fingerprint density at radius 2 is 1.64 bits per heavy atom. The van der Waals surface area contributed by atoms with Crippen molar-refractivity contribution in [2.45, 2.75) is 58.3 Å². The first-order chi connectivity index (χ1) is 6.30. The third kappa shape index (κ3) is 0.858. The molecule has 0 radical (unpaired) electrons. The minimum Gasteiger partial charge on any atom is -0.468 e. The molecule has 1 aliphatic rings. The van der Waals surface area contributed by atoms with Gasteiger partial charge in [-0.15, -0.1) is 0 Å². The van der Waals surface area contributed by atoms with Crippen molar-refractivity contribution in [3.63, 3.8) is 0 Å². The van der Waals surface area contributed by atoms with Gasteiger partial charge >= 0.3 is 0 Å². The van der Waals surface area contributed by atoms with Crippen LogP contribution in [0.25, 0.3) is 0 Å². The van der Waals surface area contributed by atoms with Crippen LogP contribution >= 0.6 is 0 Å². The highest BCUT2D eigenvalue weighted by Crippen LogP contribution is 2.58. The lowest BCUT2D eigenvalue weighted by Gasteiger charge is -2.50. The zero-order chi connectivity index (χ0) is 10.7. The number of fused-ring (bicyclic) bond motifs is 1. The van der Waals surface area contributed by atoms with Crippen LogP contribution < -0.4 is 0 Å². The number of furan rings is 1. The summed E-state index contributed by atoms with van der Waals surface area (Å²) in [6, 6.07) is 0. The van der Waals surface area contributed by atoms with E-state index in [9.17, 15) is 0 Å². The maximum absolute atomic E-state index is 5.69. The molecule has 14 heavy (non-hydrogen) atoms. The van der Waals surface area contributed by atoms with Gasteiger partial charge in [-0.3, -0.25) is 0 Å². The second-order valence-electron chi connectivity index (χ2n) is 5.80. The van der Waals surface area contributed by atoms with E-state index in [1.165, 1.54) is 16.9 Å². The molecule has 1 aromatic heterocycles. The molecule has 0 unspecified atom stereocenters. The third-order valence-electron chi connectivity index (χ3n) is 4.20. The van der Waals surface area contributed by atoms with Crippen molar-refractivity contribution in [3.8, 4) is 0 Å². The van der Waals surface area contributed by atoms with Gasteiger partial charge in [0.05, 0.1) is 6.26 Å². The quantitative estimate of drug-likeness (QED) is 0.656. The Morgan fingerprint density at radius 1 is 1.07 bits per heavy atom. The van der Waals surface area contributed by atoms with Crippen LogP contribution in [-0.2, 0) is 10.8 Å². The van der Waals surface area contributed by atoms with E-state index in [0.717, 1.165) is 0 Å². The third-order valence-corrected chi connectivity index (χ3v) is 4.20. The smallest absolute Gasteiger partial charge is 0.114 e. The Morgan fingerprint density at radius 3 is 2.14 bits per heavy atom. The van der Waals surface area contributed by atoms with Crippen LogP contribution in [0.2, 0.25) is 0 Å². The summed E-state index contributed by atoms with van der Waals surface area (Å²) in [7, 11) is 0. The molecular formula is C13H20O. The first-order valence-corrected chi connectivity index (χ1v) is 5.42. The molecular weight excluding hydrogens is 172 g/mol. The zero-order valence-electron chi connectivity index (χ0n) is 10.1. The highest BCUT2D eigenvalue weighted by atomic mass is 16.3. The molecule has 0 saturated heterocycles. The molecule has 0 amide bonds. The van der Waals surface area contributed by atoms with Gasteiger partial charge in [-0.2, -0.15) is 0 Å². The van der Waals surface area contributed by atoms with Crippen molar-refractivity contribution >= 4 is 0 Å². The van der Waals surface area contributed by atoms with E-state index in [4.69, 9.17) is 4.42 Å². The Kier molecular flexibility index (Phi) is 1.72. The normalized spacial score (nSPS) is 21.9. The average Bonchev–Trinajstić information content (AvgIpc) is 2.46. The lowest BCUT2D eigenvalue weighted by Crippen LogP contribution is -2.50. The van der Waals surface area contributed by atoms with Crippen LogP contribution in [0, 0.1) is 0 Å². The minimum atomic E-state index is 0.190. The lowest BCUT2D eigenvalue weighted by molar-refractivity contribution is 0.189. The van der Waals surface area contributed by atoms with Crippen molar-refractivity contribution in [1.29, 1.82) is 0 Å². The molecule has 2 rings (SSSR count). The summed E-state index contributed by atoms with van der Waals surface area (Å²) >= 11 is 0. The van der Waals surface area contributed by atoms with Crippen molar-refractivity contribution < 1.29 is 4.42 Å². The van der Waals surface area contributed by atoms with Gasteiger partial charge < -0.3 is 4.42 Å². The first-order valence-electron chi connectivity index (χ1n) is 5.42. The summed E-state index contributed by atoms with van der Waals surface area (Å²) in [5, 5.41) is 0. The topological polar surface area (TPSA) is 13.1 Å². The first kappa shape index (κ1) is 9.82. The molecule has 0 N–H and O–H groups in total. The molecule has 0 saturated carbocycles. The fourth-order valence-corrected chi connectivity index (χ4v) is 2.43. The summed E-state index contributed by atoms with van der Waals surface area (Å²) in [4.78, 5) is 0. The van der Waals surface area contributed by atoms with E-state index in [0.29, 0.717) is 5.92 Å². The van der Waals surface area contributed by atoms with Gasteiger partial charge in [-0.1, -0.05) is 41.5 Å². The monoisotopic (exact) mass is 192 g/mol. The maximum Gasteiger partial charge on any atom is 0.114 e. The van der Waals surface area contributed by atoms with Gasteiger partial charge in [-0.05, 0) is 11.5 Å². The van der Waals surface area contributed by atoms with E-state index < -0.39 is 0 Å². The number of hydrogen-bond acceptors (Lipinski definition) is 1. The molecule has 0 bridgehead atoms. The second kappa shape index (κ2) is 2.44. The predicted octanol–water partition coefficient (Wildman–Crippen LogP) is 3.97. The summed E-state index contributed by atoms with van der Waals surface area (Å²) in [6.45, 7) is 13.6. The SMILES string of the molecule is CC(C)c1coc2c1C(C)(C)C2(C)C. The largest absolute Gasteiger partial charge is 0.468 e. The predicted molar refractivity (Wildman–Crippen MR) is 58.8 cm³/mol. The molecule has 1 heteroatoms. The fourth-order valence-electron chi connectivity index (χ4n) is 2.43. The molecule has 1 nitrogen and oxygen atoms in total. The molecule has 0 fully saturated rings. The molecule has 0 spiro atoms. The Bertz CT molecular complexity index is 353. The number of hydrogen-bond donors (Lipinski definition) is 0. The van der Waals surface area contributed by atoms with Crippen molar-refractivity contribution in [2.75, 3.05) is 0 Å². The summed E-state index contributed by atoms with van der Waals surface area (Å²) in [6.07, 6.45) is 1.95. The van der Waals surface area contributed by atoms with E-state index in [2.05, 4.69) is 41.5 Å². The van der Waals surface area contributed by atoms with Crippen LogP contribution in [-0.4, -0.2) is 0 Å². The standard InChI is InChI=1S/C13H20O/c1-8(2)9-7-14-11-10(9)12(3,4)13(11,5)6/h7-8H,1-6H3. The van der Waals surface area contributed by atoms with Gasteiger partial charge in [0.25, 0.3) is 0 Å². The summed E-state index contributed by atoms with van der Waals surface area (Å²) in [5.41, 5.74) is 3.30. The highest BCUT2D eigenvalue weighted by Gasteiger charge is 2.55. The van der Waals surface area contributed by atoms with Gasteiger partial charge in [0.1, 0.15) is 5.76 Å². The lowest BCUT2D eigenvalue weighted by atomic mass is 9.51. The summed E-state index contributed by atoms with van der Waals surface area (Å²) < 4.78 is 5.69. The molecule has 0 atom stereocenters. The molecule has 0 aromatic carbocycles. The Hall–Kier alpha value is -0.720. The van der Waals surface area contributed by atoms with Crippen molar-refractivity contribution in [1.82, 2.24) is 0 Å². The molecule has 78 valence electrons. The van der Waals surface area contributed by atoms with E-state index in [-0.39, 0.29) is 10.8 Å². The minimum absolute atomic E-state index is 0.190. The molecule has 1 heterocycles. The van der Waals surface area contributed by atoms with E-state index >= 15 is 0 Å². The van der Waals surface area contributed by atoms with Gasteiger partial charge in [0, 0.05) is 16.4 Å². The molecule has 1 aromatic rings. The van der Waals surface area contributed by atoms with Crippen LogP contribution in [0.5, 0.6) is 0 Å². The Balaban J connectivity index is 2.59. The highest BCUT2D eigenvalue weighted by molar-refractivity contribution is 5.52. The fraction of sp³-hybridized carbons (Fsp3) is 0.692.